The summed E-state index contributed by atoms with van der Waals surface area (Å²) in [6, 6.07) is 10.9. The fourth-order valence-corrected chi connectivity index (χ4v) is 3.70. The van der Waals surface area contributed by atoms with Gasteiger partial charge in [-0.1, -0.05) is 0 Å². The van der Waals surface area contributed by atoms with E-state index < -0.39 is 34.7 Å². The van der Waals surface area contributed by atoms with E-state index in [9.17, 15) is 24.5 Å². The lowest BCUT2D eigenvalue weighted by Crippen LogP contribution is -2.50. The molecule has 2 aromatic carbocycles. The Hall–Kier alpha value is -4.35. The number of rotatable bonds is 8. The third-order valence-corrected chi connectivity index (χ3v) is 5.49. The Kier molecular flexibility index (Phi) is 9.11. The molecule has 0 atom stereocenters. The van der Waals surface area contributed by atoms with Gasteiger partial charge in [0.25, 0.3) is 5.91 Å². The molecule has 12 nitrogen and oxygen atoms in total. The summed E-state index contributed by atoms with van der Waals surface area (Å²) in [5.41, 5.74) is 0.534. The highest BCUT2D eigenvalue weighted by atomic mass is 16.6. The Labute approximate surface area is 220 Å². The molecule has 1 N–H and O–H groups in total. The Morgan fingerprint density at radius 3 is 2.26 bits per heavy atom. The average Bonchev–Trinajstić information content (AvgIpc) is 2.87. The van der Waals surface area contributed by atoms with E-state index in [1.165, 1.54) is 12.1 Å². The molecule has 1 saturated heterocycles. The summed E-state index contributed by atoms with van der Waals surface area (Å²) < 4.78 is 15.4. The molecule has 3 rings (SSSR count). The minimum absolute atomic E-state index is 0.114. The summed E-state index contributed by atoms with van der Waals surface area (Å²) in [5.74, 6) is -1.20. The zero-order valence-corrected chi connectivity index (χ0v) is 21.9. The van der Waals surface area contributed by atoms with E-state index in [0.717, 1.165) is 11.8 Å². The second-order valence-corrected chi connectivity index (χ2v) is 9.49. The molecule has 0 unspecified atom stereocenters. The number of carbonyl (C=O) groups excluding carboxylic acids is 3. The molecule has 0 spiro atoms. The van der Waals surface area contributed by atoms with E-state index in [1.54, 1.807) is 24.0 Å². The van der Waals surface area contributed by atoms with E-state index in [-0.39, 0.29) is 24.1 Å². The van der Waals surface area contributed by atoms with Gasteiger partial charge in [0, 0.05) is 49.2 Å². The highest BCUT2D eigenvalue weighted by Gasteiger charge is 2.26. The smallest absolute Gasteiger partial charge is 0.410 e. The van der Waals surface area contributed by atoms with Crippen LogP contribution in [0.1, 0.15) is 38.1 Å². The van der Waals surface area contributed by atoms with Gasteiger partial charge in [-0.15, -0.1) is 0 Å². The van der Waals surface area contributed by atoms with Crippen LogP contribution in [0.15, 0.2) is 42.5 Å². The molecule has 2 aromatic rings. The second kappa shape index (κ2) is 12.3. The van der Waals surface area contributed by atoms with Crippen LogP contribution in [-0.2, 0) is 14.3 Å². The van der Waals surface area contributed by atoms with Crippen LogP contribution in [0.3, 0.4) is 0 Å². The average molecular weight is 529 g/mol. The molecule has 12 heteroatoms. The van der Waals surface area contributed by atoms with Gasteiger partial charge in [0.1, 0.15) is 5.60 Å². The molecule has 204 valence electrons. The number of hydrogen-bond donors (Lipinski definition) is 1. The van der Waals surface area contributed by atoms with Crippen molar-refractivity contribution < 1.29 is 33.5 Å². The summed E-state index contributed by atoms with van der Waals surface area (Å²) in [7, 11) is 0. The second-order valence-electron chi connectivity index (χ2n) is 9.49. The van der Waals surface area contributed by atoms with Gasteiger partial charge in [-0.05, 0) is 64.1 Å². The van der Waals surface area contributed by atoms with Crippen LogP contribution in [0.25, 0.3) is 0 Å². The highest BCUT2D eigenvalue weighted by molar-refractivity contribution is 6.04. The zero-order chi connectivity index (χ0) is 27.9. The molecule has 1 heterocycles. The predicted molar refractivity (Wildman–Crippen MR) is 140 cm³/mol. The zero-order valence-electron chi connectivity index (χ0n) is 21.9. The van der Waals surface area contributed by atoms with Crippen LogP contribution in [-0.4, -0.2) is 72.8 Å². The first-order chi connectivity index (χ1) is 18.0. The highest BCUT2D eigenvalue weighted by Crippen LogP contribution is 2.30. The Morgan fingerprint density at radius 1 is 1.03 bits per heavy atom. The number of esters is 1. The minimum atomic E-state index is -0.659. The fourth-order valence-electron chi connectivity index (χ4n) is 3.70. The molecule has 1 fully saturated rings. The largest absolute Gasteiger partial charge is 0.475 e. The molecule has 0 bridgehead atoms. The standard InChI is InChI=1S/C26H32N4O8/c1-5-36-23(31)17-37-22-11-8-19(16-21(22)30(34)35)27-24(32)18-6-9-20(10-7-18)28-12-14-29(15-13-28)25(33)38-26(2,3)4/h6-11,16H,5,12-15,17H2,1-4H3,(H,27,32). The molecule has 0 aromatic heterocycles. The summed E-state index contributed by atoms with van der Waals surface area (Å²) in [6.07, 6.45) is -0.331. The molecule has 1 aliphatic heterocycles. The Balaban J connectivity index is 1.59. The van der Waals surface area contributed by atoms with E-state index in [0.29, 0.717) is 31.7 Å². The normalized spacial score (nSPS) is 13.5. The number of piperazine rings is 1. The fraction of sp³-hybridized carbons (Fsp3) is 0.423. The maximum Gasteiger partial charge on any atom is 0.410 e. The summed E-state index contributed by atoms with van der Waals surface area (Å²) in [5, 5.41) is 14.1. The van der Waals surface area contributed by atoms with Gasteiger partial charge in [0.2, 0.25) is 0 Å². The van der Waals surface area contributed by atoms with Crippen molar-refractivity contribution in [2.75, 3.05) is 49.6 Å². The molecule has 38 heavy (non-hydrogen) atoms. The third-order valence-electron chi connectivity index (χ3n) is 5.49. The number of benzene rings is 2. The van der Waals surface area contributed by atoms with Crippen LogP contribution in [0.4, 0.5) is 21.9 Å². The van der Waals surface area contributed by atoms with Crippen LogP contribution in [0.2, 0.25) is 0 Å². The molecule has 2 amide bonds. The number of nitrogens with one attached hydrogen (secondary N) is 1. The van der Waals surface area contributed by atoms with Gasteiger partial charge in [-0.3, -0.25) is 14.9 Å². The molecule has 1 aliphatic rings. The van der Waals surface area contributed by atoms with Crippen LogP contribution in [0, 0.1) is 10.1 Å². The number of hydrogen-bond acceptors (Lipinski definition) is 9. The van der Waals surface area contributed by atoms with Gasteiger partial charge >= 0.3 is 17.7 Å². The molecule has 0 saturated carbocycles. The van der Waals surface area contributed by atoms with Crippen molar-refractivity contribution in [2.45, 2.75) is 33.3 Å². The van der Waals surface area contributed by atoms with E-state index >= 15 is 0 Å². The summed E-state index contributed by atoms with van der Waals surface area (Å²) in [6.45, 7) is 9.13. The number of carbonyl (C=O) groups is 3. The summed E-state index contributed by atoms with van der Waals surface area (Å²) >= 11 is 0. The number of anilines is 2. The lowest BCUT2D eigenvalue weighted by Gasteiger charge is -2.36. The Morgan fingerprint density at radius 2 is 1.68 bits per heavy atom. The van der Waals surface area contributed by atoms with Crippen molar-refractivity contribution in [2.24, 2.45) is 0 Å². The van der Waals surface area contributed by atoms with Crippen LogP contribution in [0.5, 0.6) is 5.75 Å². The van der Waals surface area contributed by atoms with Crippen molar-refractivity contribution in [3.63, 3.8) is 0 Å². The van der Waals surface area contributed by atoms with Gasteiger partial charge in [0.15, 0.2) is 12.4 Å². The maximum absolute atomic E-state index is 12.7. The molecule has 0 radical (unpaired) electrons. The molecular weight excluding hydrogens is 496 g/mol. The number of nitrogens with zero attached hydrogens (tertiary/aromatic N) is 3. The van der Waals surface area contributed by atoms with Crippen molar-refractivity contribution >= 4 is 35.0 Å². The first-order valence-corrected chi connectivity index (χ1v) is 12.2. The monoisotopic (exact) mass is 528 g/mol. The van der Waals surface area contributed by atoms with E-state index in [1.807, 2.05) is 32.9 Å². The summed E-state index contributed by atoms with van der Waals surface area (Å²) in [4.78, 5) is 51.1. The van der Waals surface area contributed by atoms with Gasteiger partial charge in [-0.2, -0.15) is 0 Å². The van der Waals surface area contributed by atoms with Gasteiger partial charge in [-0.25, -0.2) is 9.59 Å². The van der Waals surface area contributed by atoms with Crippen molar-refractivity contribution in [3.05, 3.63) is 58.1 Å². The first kappa shape index (κ1) is 28.2. The lowest BCUT2D eigenvalue weighted by atomic mass is 10.1. The van der Waals surface area contributed by atoms with Gasteiger partial charge < -0.3 is 29.3 Å². The SMILES string of the molecule is CCOC(=O)COc1ccc(NC(=O)c2ccc(N3CCN(C(=O)OC(C)(C)C)CC3)cc2)cc1[N+](=O)[O-]. The minimum Gasteiger partial charge on any atom is -0.475 e. The lowest BCUT2D eigenvalue weighted by molar-refractivity contribution is -0.385. The van der Waals surface area contributed by atoms with E-state index in [2.05, 4.69) is 10.2 Å². The first-order valence-electron chi connectivity index (χ1n) is 12.2. The van der Waals surface area contributed by atoms with E-state index in [4.69, 9.17) is 14.2 Å². The molecule has 0 aliphatic carbocycles. The maximum atomic E-state index is 12.7. The number of amides is 2. The number of ether oxygens (including phenoxy) is 3. The van der Waals surface area contributed by atoms with Crippen molar-refractivity contribution in [3.8, 4) is 5.75 Å². The quantitative estimate of drug-likeness (QED) is 0.307. The third kappa shape index (κ3) is 7.82. The van der Waals surface area contributed by atoms with Crippen molar-refractivity contribution in [1.29, 1.82) is 0 Å². The van der Waals surface area contributed by atoms with Crippen molar-refractivity contribution in [1.82, 2.24) is 4.90 Å². The predicted octanol–water partition coefficient (Wildman–Crippen LogP) is 3.85. The topological polar surface area (TPSA) is 141 Å². The van der Waals surface area contributed by atoms with Crippen LogP contribution >= 0.6 is 0 Å². The Bertz CT molecular complexity index is 1170. The van der Waals surface area contributed by atoms with Crippen LogP contribution < -0.4 is 15.0 Å². The number of nitro groups is 1. The number of nitro benzene ring substituents is 1. The molecular formula is C26H32N4O8. The van der Waals surface area contributed by atoms with Gasteiger partial charge in [0.05, 0.1) is 11.5 Å².